The Labute approximate surface area is 144 Å². The van der Waals surface area contributed by atoms with Crippen LogP contribution in [0.15, 0.2) is 23.2 Å². The molecule has 0 saturated carbocycles. The van der Waals surface area contributed by atoms with Gasteiger partial charge in [0.2, 0.25) is 0 Å². The molecule has 0 unspecified atom stereocenters. The Morgan fingerprint density at radius 1 is 1.18 bits per heavy atom. The fourth-order valence-corrected chi connectivity index (χ4v) is 1.80. The number of rotatable bonds is 5. The molecule has 126 valence electrons. The molecule has 0 aliphatic heterocycles. The number of hydrogen-bond acceptors (Lipinski definition) is 1. The first-order chi connectivity index (χ1) is 9.81. The summed E-state index contributed by atoms with van der Waals surface area (Å²) in [6.07, 6.45) is -4.46. The Morgan fingerprint density at radius 2 is 1.82 bits per heavy atom. The summed E-state index contributed by atoms with van der Waals surface area (Å²) < 4.78 is 49.0. The average Bonchev–Trinajstić information content (AvgIpc) is 2.38. The minimum absolute atomic E-state index is 0. The van der Waals surface area contributed by atoms with Crippen LogP contribution in [-0.2, 0) is 6.42 Å². The standard InChI is InChI=1S/C14H19F4N3.HI/c1-10-9-12(15)4-3-11(10)5-7-20-13(19-2)21-8-6-14(16,17)18;/h3-4,9H,5-8H2,1-2H3,(H2,19,20,21);1H. The van der Waals surface area contributed by atoms with Gasteiger partial charge >= 0.3 is 6.18 Å². The third-order valence-corrected chi connectivity index (χ3v) is 2.92. The van der Waals surface area contributed by atoms with Crippen molar-refractivity contribution in [3.63, 3.8) is 0 Å². The Hall–Kier alpha value is -1.06. The van der Waals surface area contributed by atoms with Gasteiger partial charge in [-0.25, -0.2) is 4.39 Å². The van der Waals surface area contributed by atoms with E-state index in [0.717, 1.165) is 11.1 Å². The van der Waals surface area contributed by atoms with Gasteiger partial charge in [-0.05, 0) is 36.6 Å². The molecule has 8 heteroatoms. The average molecular weight is 433 g/mol. The smallest absolute Gasteiger partial charge is 0.356 e. The largest absolute Gasteiger partial charge is 0.390 e. The van der Waals surface area contributed by atoms with Gasteiger partial charge in [-0.2, -0.15) is 13.2 Å². The molecule has 0 aliphatic carbocycles. The van der Waals surface area contributed by atoms with Crippen LogP contribution in [0.2, 0.25) is 0 Å². The monoisotopic (exact) mass is 433 g/mol. The number of alkyl halides is 3. The summed E-state index contributed by atoms with van der Waals surface area (Å²) >= 11 is 0. The van der Waals surface area contributed by atoms with Gasteiger partial charge in [-0.15, -0.1) is 24.0 Å². The van der Waals surface area contributed by atoms with Crippen LogP contribution in [0.3, 0.4) is 0 Å². The van der Waals surface area contributed by atoms with Crippen LogP contribution in [0.25, 0.3) is 0 Å². The highest BCUT2D eigenvalue weighted by Gasteiger charge is 2.26. The molecule has 0 heterocycles. The van der Waals surface area contributed by atoms with Crippen molar-refractivity contribution in [3.8, 4) is 0 Å². The maximum absolute atomic E-state index is 13.0. The van der Waals surface area contributed by atoms with Crippen molar-refractivity contribution in [1.29, 1.82) is 0 Å². The summed E-state index contributed by atoms with van der Waals surface area (Å²) in [5.41, 5.74) is 1.83. The SMILES string of the molecule is CN=C(NCCc1ccc(F)cc1C)NCCC(F)(F)F.I. The van der Waals surface area contributed by atoms with Gasteiger partial charge in [-0.3, -0.25) is 4.99 Å². The minimum atomic E-state index is -4.18. The third kappa shape index (κ3) is 8.40. The zero-order valence-electron chi connectivity index (χ0n) is 12.4. The molecule has 1 rings (SSSR count). The van der Waals surface area contributed by atoms with E-state index in [0.29, 0.717) is 18.9 Å². The van der Waals surface area contributed by atoms with Crippen molar-refractivity contribution >= 4 is 29.9 Å². The van der Waals surface area contributed by atoms with Crippen molar-refractivity contribution in [2.45, 2.75) is 25.9 Å². The quantitative estimate of drug-likeness (QED) is 0.323. The van der Waals surface area contributed by atoms with Crippen LogP contribution in [0.5, 0.6) is 0 Å². The van der Waals surface area contributed by atoms with E-state index in [9.17, 15) is 17.6 Å². The highest BCUT2D eigenvalue weighted by Crippen LogP contribution is 2.18. The highest BCUT2D eigenvalue weighted by molar-refractivity contribution is 14.0. The van der Waals surface area contributed by atoms with E-state index < -0.39 is 12.6 Å². The van der Waals surface area contributed by atoms with Crippen molar-refractivity contribution in [2.24, 2.45) is 4.99 Å². The van der Waals surface area contributed by atoms with Crippen molar-refractivity contribution in [2.75, 3.05) is 20.1 Å². The molecule has 0 aromatic heterocycles. The molecule has 0 radical (unpaired) electrons. The van der Waals surface area contributed by atoms with Gasteiger partial charge < -0.3 is 10.6 Å². The fourth-order valence-electron chi connectivity index (χ4n) is 1.80. The summed E-state index contributed by atoms with van der Waals surface area (Å²) in [6.45, 7) is 2.09. The number of hydrogen-bond donors (Lipinski definition) is 2. The first kappa shape index (κ1) is 20.9. The molecule has 1 aromatic carbocycles. The third-order valence-electron chi connectivity index (χ3n) is 2.92. The molecule has 2 N–H and O–H groups in total. The van der Waals surface area contributed by atoms with Gasteiger partial charge in [0, 0.05) is 20.1 Å². The Bertz CT molecular complexity index is 489. The van der Waals surface area contributed by atoms with E-state index in [4.69, 9.17) is 0 Å². The van der Waals surface area contributed by atoms with Crippen molar-refractivity contribution in [3.05, 3.63) is 35.1 Å². The molecule has 0 saturated heterocycles. The normalized spacial score (nSPS) is 11.8. The second-order valence-corrected chi connectivity index (χ2v) is 4.61. The maximum Gasteiger partial charge on any atom is 0.390 e. The summed E-state index contributed by atoms with van der Waals surface area (Å²) in [4.78, 5) is 3.84. The zero-order chi connectivity index (χ0) is 15.9. The van der Waals surface area contributed by atoms with E-state index in [1.807, 2.05) is 6.92 Å². The summed E-state index contributed by atoms with van der Waals surface area (Å²) in [5.74, 6) is 0.0350. The maximum atomic E-state index is 13.0. The fraction of sp³-hybridized carbons (Fsp3) is 0.500. The summed E-state index contributed by atoms with van der Waals surface area (Å²) in [6, 6.07) is 4.54. The number of benzene rings is 1. The van der Waals surface area contributed by atoms with Crippen LogP contribution >= 0.6 is 24.0 Å². The Kier molecular flexibility index (Phi) is 9.38. The predicted octanol–water partition coefficient (Wildman–Crippen LogP) is 3.41. The first-order valence-electron chi connectivity index (χ1n) is 6.58. The minimum Gasteiger partial charge on any atom is -0.356 e. The molecule has 0 spiro atoms. The van der Waals surface area contributed by atoms with Gasteiger partial charge in [0.05, 0.1) is 6.42 Å². The molecule has 1 aromatic rings. The van der Waals surface area contributed by atoms with Gasteiger partial charge in [0.25, 0.3) is 0 Å². The summed E-state index contributed by atoms with van der Waals surface area (Å²) in [7, 11) is 1.49. The lowest BCUT2D eigenvalue weighted by molar-refractivity contribution is -0.132. The van der Waals surface area contributed by atoms with Crippen LogP contribution in [0.1, 0.15) is 17.5 Å². The van der Waals surface area contributed by atoms with E-state index in [2.05, 4.69) is 15.6 Å². The second-order valence-electron chi connectivity index (χ2n) is 4.61. The molecule has 22 heavy (non-hydrogen) atoms. The number of guanidine groups is 1. The van der Waals surface area contributed by atoms with Crippen LogP contribution in [0, 0.1) is 12.7 Å². The lowest BCUT2D eigenvalue weighted by Crippen LogP contribution is -2.39. The van der Waals surface area contributed by atoms with E-state index in [-0.39, 0.29) is 36.3 Å². The van der Waals surface area contributed by atoms with Crippen molar-refractivity contribution < 1.29 is 17.6 Å². The van der Waals surface area contributed by atoms with Gasteiger partial charge in [0.1, 0.15) is 5.82 Å². The Balaban J connectivity index is 0.00000441. The van der Waals surface area contributed by atoms with Crippen LogP contribution < -0.4 is 10.6 Å². The number of halogens is 5. The van der Waals surface area contributed by atoms with E-state index in [1.54, 1.807) is 6.07 Å². The zero-order valence-corrected chi connectivity index (χ0v) is 14.8. The summed E-state index contributed by atoms with van der Waals surface area (Å²) in [5, 5.41) is 5.52. The molecule has 0 amide bonds. The van der Waals surface area contributed by atoms with Crippen LogP contribution in [-0.4, -0.2) is 32.3 Å². The number of aryl methyl sites for hydroxylation is 1. The lowest BCUT2D eigenvalue weighted by atomic mass is 10.1. The molecule has 0 fully saturated rings. The molecule has 0 atom stereocenters. The molecule has 0 aliphatic rings. The number of nitrogens with zero attached hydrogens (tertiary/aromatic N) is 1. The van der Waals surface area contributed by atoms with Gasteiger partial charge in [-0.1, -0.05) is 6.07 Å². The highest BCUT2D eigenvalue weighted by atomic mass is 127. The second kappa shape index (κ2) is 9.86. The first-order valence-corrected chi connectivity index (χ1v) is 6.58. The molecule has 3 nitrogen and oxygen atoms in total. The molecular weight excluding hydrogens is 413 g/mol. The molecule has 0 bridgehead atoms. The number of aliphatic imine (C=N–C) groups is 1. The van der Waals surface area contributed by atoms with Gasteiger partial charge in [0.15, 0.2) is 5.96 Å². The lowest BCUT2D eigenvalue weighted by Gasteiger charge is -2.13. The predicted molar refractivity (Wildman–Crippen MR) is 90.3 cm³/mol. The molecular formula is C14H20F4IN3. The topological polar surface area (TPSA) is 36.4 Å². The van der Waals surface area contributed by atoms with Crippen LogP contribution in [0.4, 0.5) is 17.6 Å². The van der Waals surface area contributed by atoms with E-state index in [1.165, 1.54) is 19.2 Å². The Morgan fingerprint density at radius 3 is 2.36 bits per heavy atom. The number of nitrogens with one attached hydrogen (secondary N) is 2. The van der Waals surface area contributed by atoms with Crippen molar-refractivity contribution in [1.82, 2.24) is 10.6 Å². The van der Waals surface area contributed by atoms with E-state index >= 15 is 0 Å².